The second kappa shape index (κ2) is 5.44. The molecule has 6 heteroatoms. The predicted molar refractivity (Wildman–Crippen MR) is 82.1 cm³/mol. The lowest BCUT2D eigenvalue weighted by Gasteiger charge is -2.43. The van der Waals surface area contributed by atoms with E-state index in [1.165, 1.54) is 17.4 Å². The Hall–Kier alpha value is -1.79. The van der Waals surface area contributed by atoms with Crippen LogP contribution >= 0.6 is 11.3 Å². The molecular weight excluding hydrogens is 301 g/mol. The zero-order valence-corrected chi connectivity index (χ0v) is 12.8. The van der Waals surface area contributed by atoms with E-state index >= 15 is 0 Å². The molecule has 4 nitrogen and oxygen atoms in total. The van der Waals surface area contributed by atoms with Crippen molar-refractivity contribution in [3.63, 3.8) is 0 Å². The lowest BCUT2D eigenvalue weighted by Crippen LogP contribution is -2.54. The van der Waals surface area contributed by atoms with Crippen LogP contribution in [0, 0.1) is 11.7 Å². The maximum atomic E-state index is 13.3. The number of rotatable bonds is 3. The maximum Gasteiger partial charge on any atom is 0.273 e. The number of hydrogen-bond donors (Lipinski definition) is 0. The number of carbonyl (C=O) groups is 1. The molecule has 2 saturated heterocycles. The van der Waals surface area contributed by atoms with E-state index in [0.717, 1.165) is 31.7 Å². The Labute approximate surface area is 132 Å². The first kappa shape index (κ1) is 13.8. The molecule has 4 rings (SSSR count). The Morgan fingerprint density at radius 2 is 2.27 bits per heavy atom. The highest BCUT2D eigenvalue weighted by atomic mass is 32.1. The molecule has 0 spiro atoms. The van der Waals surface area contributed by atoms with E-state index in [9.17, 15) is 9.18 Å². The molecule has 2 fully saturated rings. The molecule has 0 aliphatic carbocycles. The summed E-state index contributed by atoms with van der Waals surface area (Å²) >= 11 is 1.44. The third-order valence-corrected chi connectivity index (χ3v) is 5.14. The van der Waals surface area contributed by atoms with Crippen LogP contribution in [0.4, 0.5) is 4.39 Å². The van der Waals surface area contributed by atoms with Gasteiger partial charge in [-0.05, 0) is 17.7 Å². The van der Waals surface area contributed by atoms with E-state index in [-0.39, 0.29) is 11.7 Å². The van der Waals surface area contributed by atoms with Crippen molar-refractivity contribution in [2.75, 3.05) is 19.6 Å². The number of aromatic nitrogens is 1. The Balaban J connectivity index is 1.40. The molecule has 0 radical (unpaired) electrons. The molecule has 0 unspecified atom stereocenters. The van der Waals surface area contributed by atoms with E-state index in [2.05, 4.69) is 9.88 Å². The fraction of sp³-hybridized carbons (Fsp3) is 0.375. The van der Waals surface area contributed by atoms with Gasteiger partial charge in [0, 0.05) is 43.5 Å². The Morgan fingerprint density at radius 1 is 1.36 bits per heavy atom. The van der Waals surface area contributed by atoms with Crippen LogP contribution in [0.25, 0.3) is 0 Å². The van der Waals surface area contributed by atoms with Gasteiger partial charge in [-0.3, -0.25) is 9.69 Å². The minimum atomic E-state index is -0.193. The van der Waals surface area contributed by atoms with Gasteiger partial charge in [-0.25, -0.2) is 9.37 Å². The van der Waals surface area contributed by atoms with Crippen molar-refractivity contribution in [2.45, 2.75) is 12.6 Å². The number of likely N-dealkylation sites (tertiary alicyclic amines) is 2. The summed E-state index contributed by atoms with van der Waals surface area (Å²) in [5, 5.41) is 1.80. The Bertz CT molecular complexity index is 690. The van der Waals surface area contributed by atoms with Crippen LogP contribution in [0.15, 0.2) is 35.2 Å². The molecule has 0 N–H and O–H groups in total. The summed E-state index contributed by atoms with van der Waals surface area (Å²) in [6.07, 6.45) is 0. The van der Waals surface area contributed by atoms with Crippen molar-refractivity contribution in [2.24, 2.45) is 5.92 Å². The van der Waals surface area contributed by atoms with Crippen LogP contribution in [0.5, 0.6) is 0 Å². The van der Waals surface area contributed by atoms with Gasteiger partial charge in [0.2, 0.25) is 0 Å². The van der Waals surface area contributed by atoms with E-state index in [0.29, 0.717) is 17.7 Å². The normalized spacial score (nSPS) is 24.1. The first-order valence-electron chi connectivity index (χ1n) is 7.36. The lowest BCUT2D eigenvalue weighted by atomic mass is 9.91. The van der Waals surface area contributed by atoms with E-state index in [1.807, 2.05) is 11.0 Å². The van der Waals surface area contributed by atoms with Gasteiger partial charge in [-0.1, -0.05) is 12.1 Å². The fourth-order valence-electron chi connectivity index (χ4n) is 3.44. The van der Waals surface area contributed by atoms with Gasteiger partial charge in [0.25, 0.3) is 5.91 Å². The molecule has 2 aliphatic rings. The number of amides is 1. The molecule has 0 saturated carbocycles. The first-order chi connectivity index (χ1) is 10.7. The smallest absolute Gasteiger partial charge is 0.273 e. The summed E-state index contributed by atoms with van der Waals surface area (Å²) in [6.45, 7) is 3.27. The highest BCUT2D eigenvalue weighted by molar-refractivity contribution is 7.07. The highest BCUT2D eigenvalue weighted by Gasteiger charge is 2.46. The third-order valence-electron chi connectivity index (χ3n) is 4.56. The minimum absolute atomic E-state index is 0.0290. The molecule has 3 heterocycles. The monoisotopic (exact) mass is 317 g/mol. The molecule has 2 aromatic rings. The lowest BCUT2D eigenvalue weighted by molar-refractivity contribution is 0.0432. The largest absolute Gasteiger partial charge is 0.335 e. The number of halogens is 1. The summed E-state index contributed by atoms with van der Waals surface area (Å²) < 4.78 is 13.3. The van der Waals surface area contributed by atoms with Gasteiger partial charge in [0.1, 0.15) is 11.5 Å². The van der Waals surface area contributed by atoms with Crippen molar-refractivity contribution in [1.82, 2.24) is 14.8 Å². The minimum Gasteiger partial charge on any atom is -0.335 e. The molecule has 22 heavy (non-hydrogen) atoms. The average Bonchev–Trinajstić information content (AvgIpc) is 3.12. The van der Waals surface area contributed by atoms with E-state index in [4.69, 9.17) is 0 Å². The number of carbonyl (C=O) groups excluding carboxylic acids is 1. The second-order valence-corrected chi connectivity index (χ2v) is 6.69. The van der Waals surface area contributed by atoms with Crippen LogP contribution in [0.2, 0.25) is 0 Å². The van der Waals surface area contributed by atoms with Crippen LogP contribution in [-0.4, -0.2) is 46.4 Å². The third kappa shape index (κ3) is 2.42. The predicted octanol–water partition coefficient (Wildman–Crippen LogP) is 2.24. The van der Waals surface area contributed by atoms with E-state index in [1.54, 1.807) is 23.0 Å². The summed E-state index contributed by atoms with van der Waals surface area (Å²) in [5.41, 5.74) is 3.22. The molecular formula is C16H16FN3OS. The fourth-order valence-corrected chi connectivity index (χ4v) is 3.97. The van der Waals surface area contributed by atoms with Gasteiger partial charge >= 0.3 is 0 Å². The van der Waals surface area contributed by atoms with Crippen LogP contribution < -0.4 is 0 Å². The van der Waals surface area contributed by atoms with Gasteiger partial charge < -0.3 is 4.90 Å². The standard InChI is InChI=1S/C16H16FN3OS/c17-13-3-1-2-11(4-13)5-19-6-12-7-20(8-15(12)19)16(21)14-9-22-10-18-14/h1-4,9-10,12,15H,5-8H2/t12-,15-/m0/s1. The number of thiazole rings is 1. The molecule has 1 aromatic carbocycles. The zero-order valence-electron chi connectivity index (χ0n) is 12.0. The molecule has 114 valence electrons. The molecule has 1 aromatic heterocycles. The quantitative estimate of drug-likeness (QED) is 0.871. The average molecular weight is 317 g/mol. The Morgan fingerprint density at radius 3 is 3.05 bits per heavy atom. The summed E-state index contributed by atoms with van der Waals surface area (Å²) in [4.78, 5) is 20.7. The van der Waals surface area contributed by atoms with Gasteiger partial charge in [-0.2, -0.15) is 0 Å². The molecule has 2 aliphatic heterocycles. The SMILES string of the molecule is O=C(c1cscn1)N1C[C@@H]2CN(Cc3cccc(F)c3)[C@H]2C1. The van der Waals surface area contributed by atoms with Crippen molar-refractivity contribution in [3.05, 3.63) is 52.2 Å². The van der Waals surface area contributed by atoms with Crippen molar-refractivity contribution < 1.29 is 9.18 Å². The van der Waals surface area contributed by atoms with Crippen molar-refractivity contribution in [3.8, 4) is 0 Å². The molecule has 2 atom stereocenters. The first-order valence-corrected chi connectivity index (χ1v) is 8.31. The van der Waals surface area contributed by atoms with Gasteiger partial charge in [-0.15, -0.1) is 11.3 Å². The van der Waals surface area contributed by atoms with Crippen LogP contribution in [-0.2, 0) is 6.54 Å². The summed E-state index contributed by atoms with van der Waals surface area (Å²) in [7, 11) is 0. The van der Waals surface area contributed by atoms with Crippen LogP contribution in [0.3, 0.4) is 0 Å². The van der Waals surface area contributed by atoms with Crippen molar-refractivity contribution >= 4 is 17.2 Å². The number of fused-ring (bicyclic) bond motifs is 1. The van der Waals surface area contributed by atoms with E-state index < -0.39 is 0 Å². The zero-order chi connectivity index (χ0) is 15.1. The molecule has 1 amide bonds. The van der Waals surface area contributed by atoms with Crippen molar-refractivity contribution in [1.29, 1.82) is 0 Å². The Kier molecular flexibility index (Phi) is 3.43. The summed E-state index contributed by atoms with van der Waals surface area (Å²) in [5.74, 6) is 0.374. The van der Waals surface area contributed by atoms with Gasteiger partial charge in [0.05, 0.1) is 5.51 Å². The van der Waals surface area contributed by atoms with Crippen LogP contribution in [0.1, 0.15) is 16.1 Å². The summed E-state index contributed by atoms with van der Waals surface area (Å²) in [6, 6.07) is 7.14. The maximum absolute atomic E-state index is 13.3. The molecule has 0 bridgehead atoms. The number of benzene rings is 1. The van der Waals surface area contributed by atoms with Gasteiger partial charge in [0.15, 0.2) is 0 Å². The number of hydrogen-bond acceptors (Lipinski definition) is 4. The highest BCUT2D eigenvalue weighted by Crippen LogP contribution is 2.34. The number of nitrogens with zero attached hydrogens (tertiary/aromatic N) is 3. The topological polar surface area (TPSA) is 36.4 Å². The second-order valence-electron chi connectivity index (χ2n) is 5.97.